The molecule has 0 saturated heterocycles. The summed E-state index contributed by atoms with van der Waals surface area (Å²) in [5, 5.41) is 10.5. The summed E-state index contributed by atoms with van der Waals surface area (Å²) in [7, 11) is 0. The molecule has 140 valence electrons. The topological polar surface area (TPSA) is 70.8 Å². The highest BCUT2D eigenvalue weighted by molar-refractivity contribution is 6.14. The zero-order valence-corrected chi connectivity index (χ0v) is 14.7. The summed E-state index contributed by atoms with van der Waals surface area (Å²) in [6.45, 7) is 0.181. The highest BCUT2D eigenvalue weighted by Gasteiger charge is 2.44. The molecular formula is C22H16FNO4. The maximum atomic E-state index is 13.4. The van der Waals surface area contributed by atoms with Crippen molar-refractivity contribution in [1.82, 2.24) is 4.90 Å². The third-order valence-corrected chi connectivity index (χ3v) is 4.67. The maximum absolute atomic E-state index is 13.4. The third kappa shape index (κ3) is 3.09. The molecule has 6 heteroatoms. The summed E-state index contributed by atoms with van der Waals surface area (Å²) in [5.74, 6) is -2.28. The lowest BCUT2D eigenvalue weighted by molar-refractivity contribution is -0.130. The lowest BCUT2D eigenvalue weighted by Gasteiger charge is -2.26. The SMILES string of the molecule is O=C(C1=C(O)C(=O)N(Cc2ccccc2)C1c1ccc(F)cc1)c1ccco1. The Hall–Kier alpha value is -3.67. The fourth-order valence-corrected chi connectivity index (χ4v) is 3.36. The molecule has 0 saturated carbocycles. The minimum absolute atomic E-state index is 0.0167. The van der Waals surface area contributed by atoms with Crippen molar-refractivity contribution in [2.45, 2.75) is 12.6 Å². The van der Waals surface area contributed by atoms with Gasteiger partial charge in [-0.2, -0.15) is 0 Å². The van der Waals surface area contributed by atoms with Gasteiger partial charge in [0.25, 0.3) is 5.91 Å². The maximum Gasteiger partial charge on any atom is 0.290 e. The average Bonchev–Trinajstić information content (AvgIpc) is 3.33. The molecular weight excluding hydrogens is 361 g/mol. The van der Waals surface area contributed by atoms with Crippen LogP contribution in [0.4, 0.5) is 4.39 Å². The Bertz CT molecular complexity index is 1040. The first-order valence-electron chi connectivity index (χ1n) is 8.68. The van der Waals surface area contributed by atoms with Crippen molar-refractivity contribution in [2.75, 3.05) is 0 Å². The van der Waals surface area contributed by atoms with Crippen LogP contribution < -0.4 is 0 Å². The number of aliphatic hydroxyl groups is 1. The predicted octanol–water partition coefficient (Wildman–Crippen LogP) is 4.20. The predicted molar refractivity (Wildman–Crippen MR) is 98.8 cm³/mol. The molecule has 2 heterocycles. The molecule has 1 amide bonds. The first-order chi connectivity index (χ1) is 13.6. The van der Waals surface area contributed by atoms with Gasteiger partial charge in [-0.3, -0.25) is 9.59 Å². The molecule has 0 fully saturated rings. The second-order valence-electron chi connectivity index (χ2n) is 6.44. The van der Waals surface area contributed by atoms with E-state index in [0.29, 0.717) is 5.56 Å². The van der Waals surface area contributed by atoms with Gasteiger partial charge in [-0.05, 0) is 35.4 Å². The van der Waals surface area contributed by atoms with E-state index >= 15 is 0 Å². The number of halogens is 1. The summed E-state index contributed by atoms with van der Waals surface area (Å²) in [4.78, 5) is 27.2. The zero-order valence-electron chi connectivity index (χ0n) is 14.7. The van der Waals surface area contributed by atoms with Crippen molar-refractivity contribution < 1.29 is 23.5 Å². The van der Waals surface area contributed by atoms with Gasteiger partial charge in [-0.1, -0.05) is 42.5 Å². The quantitative estimate of drug-likeness (QED) is 0.677. The number of carbonyl (C=O) groups excluding carboxylic acids is 2. The number of Topliss-reactive ketones (excluding diaryl/α,β-unsaturated/α-hetero) is 1. The van der Waals surface area contributed by atoms with Crippen LogP contribution in [0, 0.1) is 5.82 Å². The Labute approximate surface area is 160 Å². The largest absolute Gasteiger partial charge is 0.503 e. The Balaban J connectivity index is 1.79. The van der Waals surface area contributed by atoms with E-state index in [1.807, 2.05) is 30.3 Å². The molecule has 5 nitrogen and oxygen atoms in total. The average molecular weight is 377 g/mol. The molecule has 0 spiro atoms. The van der Waals surface area contributed by atoms with Gasteiger partial charge >= 0.3 is 0 Å². The number of hydrogen-bond acceptors (Lipinski definition) is 4. The molecule has 3 aromatic rings. The van der Waals surface area contributed by atoms with E-state index in [-0.39, 0.29) is 17.9 Å². The summed E-state index contributed by atoms with van der Waals surface area (Å²) in [6, 6.07) is 16.9. The monoisotopic (exact) mass is 377 g/mol. The number of furan rings is 1. The van der Waals surface area contributed by atoms with Crippen LogP contribution in [-0.2, 0) is 11.3 Å². The van der Waals surface area contributed by atoms with Crippen LogP contribution in [0.3, 0.4) is 0 Å². The molecule has 1 aliphatic heterocycles. The Morgan fingerprint density at radius 1 is 1.04 bits per heavy atom. The third-order valence-electron chi connectivity index (χ3n) is 4.67. The van der Waals surface area contributed by atoms with Crippen LogP contribution in [0.15, 0.2) is 88.7 Å². The minimum Gasteiger partial charge on any atom is -0.503 e. The van der Waals surface area contributed by atoms with Crippen LogP contribution in [0.5, 0.6) is 0 Å². The van der Waals surface area contributed by atoms with Crippen LogP contribution in [0.1, 0.15) is 27.7 Å². The van der Waals surface area contributed by atoms with E-state index in [0.717, 1.165) is 5.56 Å². The molecule has 1 N–H and O–H groups in total. The Morgan fingerprint density at radius 2 is 1.75 bits per heavy atom. The fraction of sp³-hybridized carbons (Fsp3) is 0.0909. The zero-order chi connectivity index (χ0) is 19.7. The van der Waals surface area contributed by atoms with Gasteiger partial charge in [-0.25, -0.2) is 4.39 Å². The van der Waals surface area contributed by atoms with Gasteiger partial charge in [0.15, 0.2) is 11.5 Å². The summed E-state index contributed by atoms with van der Waals surface area (Å²) in [6.07, 6.45) is 1.34. The van der Waals surface area contributed by atoms with Crippen LogP contribution in [0.25, 0.3) is 0 Å². The molecule has 0 bridgehead atoms. The molecule has 1 atom stereocenters. The van der Waals surface area contributed by atoms with Gasteiger partial charge < -0.3 is 14.4 Å². The van der Waals surface area contributed by atoms with Crippen molar-refractivity contribution in [3.8, 4) is 0 Å². The molecule has 0 aliphatic carbocycles. The number of ketones is 1. The number of carbonyl (C=O) groups is 2. The first-order valence-corrected chi connectivity index (χ1v) is 8.68. The molecule has 28 heavy (non-hydrogen) atoms. The number of aliphatic hydroxyl groups excluding tert-OH is 1. The minimum atomic E-state index is -0.856. The Kier molecular flexibility index (Phi) is 4.53. The molecule has 4 rings (SSSR count). The second kappa shape index (κ2) is 7.15. The standard InChI is InChI=1S/C22H16FNO4/c23-16-10-8-15(9-11-16)19-18(20(25)17-7-4-12-28-17)21(26)22(27)24(19)13-14-5-2-1-3-6-14/h1-12,19,26H,13H2. The normalized spacial score (nSPS) is 16.7. The smallest absolute Gasteiger partial charge is 0.290 e. The van der Waals surface area contributed by atoms with Gasteiger partial charge in [0.2, 0.25) is 5.78 Å². The van der Waals surface area contributed by atoms with Gasteiger partial charge in [0.1, 0.15) is 5.82 Å². The molecule has 1 aliphatic rings. The van der Waals surface area contributed by atoms with E-state index in [9.17, 15) is 19.1 Å². The van der Waals surface area contributed by atoms with E-state index in [1.165, 1.54) is 41.5 Å². The lowest BCUT2D eigenvalue weighted by Crippen LogP contribution is -2.30. The lowest BCUT2D eigenvalue weighted by atomic mass is 9.95. The van der Waals surface area contributed by atoms with E-state index in [1.54, 1.807) is 6.07 Å². The Morgan fingerprint density at radius 3 is 2.39 bits per heavy atom. The molecule has 1 aromatic heterocycles. The van der Waals surface area contributed by atoms with Crippen molar-refractivity contribution >= 4 is 11.7 Å². The summed E-state index contributed by atoms with van der Waals surface area (Å²) < 4.78 is 18.6. The van der Waals surface area contributed by atoms with Crippen molar-refractivity contribution in [1.29, 1.82) is 0 Å². The highest BCUT2D eigenvalue weighted by Crippen LogP contribution is 2.40. The molecule has 0 radical (unpaired) electrons. The van der Waals surface area contributed by atoms with E-state index < -0.39 is 29.3 Å². The first kappa shape index (κ1) is 17.7. The summed E-state index contributed by atoms with van der Waals surface area (Å²) >= 11 is 0. The van der Waals surface area contributed by atoms with E-state index in [4.69, 9.17) is 4.42 Å². The highest BCUT2D eigenvalue weighted by atomic mass is 19.1. The van der Waals surface area contributed by atoms with Crippen molar-refractivity contribution in [3.63, 3.8) is 0 Å². The van der Waals surface area contributed by atoms with E-state index in [2.05, 4.69) is 0 Å². The number of nitrogens with zero attached hydrogens (tertiary/aromatic N) is 1. The van der Waals surface area contributed by atoms with Crippen molar-refractivity contribution in [3.05, 3.63) is 107 Å². The van der Waals surface area contributed by atoms with Gasteiger partial charge in [-0.15, -0.1) is 0 Å². The number of hydrogen-bond donors (Lipinski definition) is 1. The molecule has 2 aromatic carbocycles. The second-order valence-corrected chi connectivity index (χ2v) is 6.44. The van der Waals surface area contributed by atoms with Crippen LogP contribution >= 0.6 is 0 Å². The van der Waals surface area contributed by atoms with Gasteiger partial charge in [0, 0.05) is 6.54 Å². The number of rotatable bonds is 5. The number of benzene rings is 2. The number of amides is 1. The summed E-state index contributed by atoms with van der Waals surface area (Å²) in [5.41, 5.74) is 1.27. The van der Waals surface area contributed by atoms with Gasteiger partial charge in [0.05, 0.1) is 17.9 Å². The fourth-order valence-electron chi connectivity index (χ4n) is 3.36. The molecule has 1 unspecified atom stereocenters. The van der Waals surface area contributed by atoms with Crippen LogP contribution in [0.2, 0.25) is 0 Å². The van der Waals surface area contributed by atoms with Crippen molar-refractivity contribution in [2.24, 2.45) is 0 Å². The van der Waals surface area contributed by atoms with Crippen LogP contribution in [-0.4, -0.2) is 21.7 Å².